The fraction of sp³-hybridized carbons (Fsp3) is 0.929. The molecule has 2 radical (unpaired) electrons. The minimum absolute atomic E-state index is 0.00117. The van der Waals surface area contributed by atoms with Crippen LogP contribution in [-0.2, 0) is 19.1 Å². The molecule has 35 heavy (non-hydrogen) atoms. The molecule has 0 fully saturated rings. The van der Waals surface area contributed by atoms with Gasteiger partial charge in [0.15, 0.2) is 0 Å². The van der Waals surface area contributed by atoms with E-state index in [0.717, 1.165) is 76.0 Å². The summed E-state index contributed by atoms with van der Waals surface area (Å²) in [5, 5.41) is 0. The molecule has 0 aliphatic rings. The van der Waals surface area contributed by atoms with Crippen LogP contribution >= 0.6 is 17.9 Å². The second kappa shape index (κ2) is 23.5. The zero-order valence-corrected chi connectivity index (χ0v) is 28.1. The Bertz CT molecular complexity index is 521. The summed E-state index contributed by atoms with van der Waals surface area (Å²) in [4.78, 5) is 25.4. The van der Waals surface area contributed by atoms with Crippen molar-refractivity contribution in [2.45, 2.75) is 136 Å². The van der Waals surface area contributed by atoms with Crippen molar-refractivity contribution in [2.75, 3.05) is 19.0 Å². The molecule has 7 heteroatoms. The van der Waals surface area contributed by atoms with Gasteiger partial charge in [0.1, 0.15) is 0 Å². The van der Waals surface area contributed by atoms with Gasteiger partial charge in [0.2, 0.25) is 0 Å². The van der Waals surface area contributed by atoms with Gasteiger partial charge in [0.25, 0.3) is 0 Å². The number of carbonyl (C=O) groups excluding carboxylic acids is 2. The van der Waals surface area contributed by atoms with Crippen LogP contribution in [-0.4, -0.2) is 54.0 Å². The monoisotopic (exact) mass is 638 g/mol. The van der Waals surface area contributed by atoms with Crippen LogP contribution in [0.1, 0.15) is 131 Å². The van der Waals surface area contributed by atoms with Crippen LogP contribution in [0.15, 0.2) is 0 Å². The summed E-state index contributed by atoms with van der Waals surface area (Å²) >= 11 is -1.01. The van der Waals surface area contributed by atoms with E-state index >= 15 is 0 Å². The first-order valence-corrected chi connectivity index (χ1v) is 22.9. The molecule has 4 nitrogen and oxygen atoms in total. The molecule has 0 spiro atoms. The van der Waals surface area contributed by atoms with Gasteiger partial charge in [-0.15, -0.1) is 0 Å². The van der Waals surface area contributed by atoms with E-state index in [2.05, 4.69) is 41.5 Å². The third-order valence-electron chi connectivity index (χ3n) is 6.07. The average molecular weight is 638 g/mol. The predicted molar refractivity (Wildman–Crippen MR) is 156 cm³/mol. The summed E-state index contributed by atoms with van der Waals surface area (Å²) in [6.45, 7) is 14.4. The summed E-state index contributed by atoms with van der Waals surface area (Å²) in [5.41, 5.74) is 0. The van der Waals surface area contributed by atoms with Gasteiger partial charge in [-0.3, -0.25) is 0 Å². The molecule has 0 N–H and O–H groups in total. The van der Waals surface area contributed by atoms with Crippen molar-refractivity contribution in [1.29, 1.82) is 0 Å². The normalized spacial score (nSPS) is 11.9. The molecular formula is C28H54O4S2Sn. The second-order valence-electron chi connectivity index (χ2n) is 10.5. The Hall–Kier alpha value is 0.439. The fourth-order valence-electron chi connectivity index (χ4n) is 3.78. The van der Waals surface area contributed by atoms with E-state index in [-0.39, 0.29) is 11.9 Å². The van der Waals surface area contributed by atoms with Crippen molar-refractivity contribution in [1.82, 2.24) is 0 Å². The van der Waals surface area contributed by atoms with Crippen molar-refractivity contribution >= 4 is 48.2 Å². The summed E-state index contributed by atoms with van der Waals surface area (Å²) in [6, 6.07) is 0. The number of rotatable bonds is 24. The maximum absolute atomic E-state index is 13.3. The van der Waals surface area contributed by atoms with Crippen LogP contribution in [0.3, 0.4) is 0 Å². The third-order valence-corrected chi connectivity index (χ3v) is 18.0. The number of ether oxygens (including phenoxy) is 2. The molecule has 0 rings (SSSR count). The van der Waals surface area contributed by atoms with Gasteiger partial charge in [-0.05, 0) is 0 Å². The van der Waals surface area contributed by atoms with Gasteiger partial charge in [-0.2, -0.15) is 0 Å². The van der Waals surface area contributed by atoms with Crippen molar-refractivity contribution < 1.29 is 19.1 Å². The number of hydrogen-bond donors (Lipinski definition) is 0. The molecule has 0 aliphatic carbocycles. The SMILES string of the molecule is CCCCC(CCCC)([S][Sn][S]CC(=O)OCCCCCC(C)C)C(=O)OCCCCCC(C)C. The van der Waals surface area contributed by atoms with Crippen LogP contribution < -0.4 is 0 Å². The molecule has 0 aromatic rings. The molecule has 0 heterocycles. The summed E-state index contributed by atoms with van der Waals surface area (Å²) < 4.78 is 10.9. The Morgan fingerprint density at radius 2 is 1.26 bits per heavy atom. The van der Waals surface area contributed by atoms with E-state index in [4.69, 9.17) is 9.47 Å². The number of unbranched alkanes of at least 4 members (excludes halogenated alkanes) is 6. The molecule has 0 aromatic heterocycles. The first-order chi connectivity index (χ1) is 16.8. The maximum atomic E-state index is 13.3. The first kappa shape index (κ1) is 35.4. The predicted octanol–water partition coefficient (Wildman–Crippen LogP) is 8.63. The molecule has 0 amide bonds. The number of carbonyl (C=O) groups is 2. The van der Waals surface area contributed by atoms with Gasteiger partial charge in [-0.25, -0.2) is 0 Å². The van der Waals surface area contributed by atoms with E-state index in [1.807, 2.05) is 8.95 Å². The summed E-state index contributed by atoms with van der Waals surface area (Å²) in [6.07, 6.45) is 15.1. The second-order valence-corrected chi connectivity index (χ2v) is 21.2. The Morgan fingerprint density at radius 3 is 1.74 bits per heavy atom. The topological polar surface area (TPSA) is 52.6 Å². The van der Waals surface area contributed by atoms with Crippen LogP contribution in [0.4, 0.5) is 0 Å². The van der Waals surface area contributed by atoms with Gasteiger partial charge in [0.05, 0.1) is 0 Å². The van der Waals surface area contributed by atoms with E-state index < -0.39 is 23.1 Å². The molecular weight excluding hydrogens is 583 g/mol. The fourth-order valence-corrected chi connectivity index (χ4v) is 16.3. The Labute approximate surface area is 233 Å². The molecule has 0 atom stereocenters. The molecule has 0 bridgehead atoms. The molecule has 0 aromatic carbocycles. The van der Waals surface area contributed by atoms with E-state index in [0.29, 0.717) is 19.0 Å². The minimum atomic E-state index is -1.01. The molecule has 0 saturated heterocycles. The van der Waals surface area contributed by atoms with E-state index in [1.54, 1.807) is 8.95 Å². The van der Waals surface area contributed by atoms with Crippen LogP contribution in [0.25, 0.3) is 0 Å². The van der Waals surface area contributed by atoms with Gasteiger partial charge in [0, 0.05) is 0 Å². The zero-order chi connectivity index (χ0) is 26.4. The van der Waals surface area contributed by atoms with Crippen molar-refractivity contribution in [3.8, 4) is 0 Å². The molecule has 0 saturated carbocycles. The molecule has 206 valence electrons. The quantitative estimate of drug-likeness (QED) is 0.0600. The first-order valence-electron chi connectivity index (χ1n) is 14.1. The Morgan fingerprint density at radius 1 is 0.743 bits per heavy atom. The van der Waals surface area contributed by atoms with E-state index in [1.165, 1.54) is 25.7 Å². The van der Waals surface area contributed by atoms with Crippen molar-refractivity contribution in [3.63, 3.8) is 0 Å². The molecule has 0 unspecified atom stereocenters. The number of hydrogen-bond acceptors (Lipinski definition) is 6. The Balaban J connectivity index is 4.53. The zero-order valence-electron chi connectivity index (χ0n) is 23.6. The average Bonchev–Trinajstić information content (AvgIpc) is 2.82. The summed E-state index contributed by atoms with van der Waals surface area (Å²) in [5.74, 6) is 1.80. The van der Waals surface area contributed by atoms with Gasteiger partial charge >= 0.3 is 234 Å². The van der Waals surface area contributed by atoms with Gasteiger partial charge < -0.3 is 0 Å². The van der Waals surface area contributed by atoms with Crippen LogP contribution in [0.2, 0.25) is 0 Å². The van der Waals surface area contributed by atoms with Crippen LogP contribution in [0.5, 0.6) is 0 Å². The third kappa shape index (κ3) is 20.1. The summed E-state index contributed by atoms with van der Waals surface area (Å²) in [7, 11) is 3.59. The molecule has 0 aliphatic heterocycles. The Kier molecular flexibility index (Phi) is 23.8. The standard InChI is InChI=1S/C18H36O2S.C10H20O2S.Sn/c1-5-7-13-18(21,14-8-6-2)17(19)20-15-11-9-10-12-16(3)4;1-9(2)6-4-3-5-7-12-10(11)8-13;/h16,21H,5-15H2,1-4H3;9,13H,3-8H2,1-2H3;/q;;+2/p-2. The van der Waals surface area contributed by atoms with E-state index in [9.17, 15) is 9.59 Å². The number of esters is 2. The van der Waals surface area contributed by atoms with Crippen molar-refractivity contribution in [2.24, 2.45) is 11.8 Å². The van der Waals surface area contributed by atoms with Gasteiger partial charge in [-0.1, -0.05) is 0 Å². The van der Waals surface area contributed by atoms with Crippen molar-refractivity contribution in [3.05, 3.63) is 0 Å². The van der Waals surface area contributed by atoms with Crippen LogP contribution in [0, 0.1) is 11.8 Å².